The Labute approximate surface area is 121 Å². The highest BCUT2D eigenvalue weighted by Crippen LogP contribution is 2.29. The first-order valence-electron chi connectivity index (χ1n) is 6.02. The molecule has 0 aliphatic rings. The lowest BCUT2D eigenvalue weighted by Gasteiger charge is -2.04. The van der Waals surface area contributed by atoms with Gasteiger partial charge in [0.15, 0.2) is 0 Å². The summed E-state index contributed by atoms with van der Waals surface area (Å²) < 4.78 is 1.09. The Bertz CT molecular complexity index is 534. The van der Waals surface area contributed by atoms with Crippen molar-refractivity contribution in [3.8, 4) is 11.3 Å². The maximum absolute atomic E-state index is 4.73. The summed E-state index contributed by atoms with van der Waals surface area (Å²) in [5.41, 5.74) is 2.27. The Morgan fingerprint density at radius 2 is 2.17 bits per heavy atom. The molecule has 1 N–H and O–H groups in total. The zero-order valence-electron chi connectivity index (χ0n) is 10.8. The summed E-state index contributed by atoms with van der Waals surface area (Å²) in [5, 5.41) is 4.55. The number of hydrogen-bond donors (Lipinski definition) is 1. The van der Waals surface area contributed by atoms with E-state index in [1.807, 2.05) is 12.1 Å². The van der Waals surface area contributed by atoms with Crippen LogP contribution in [0.2, 0.25) is 0 Å². The number of halogens is 1. The van der Waals surface area contributed by atoms with E-state index in [1.165, 1.54) is 10.4 Å². The van der Waals surface area contributed by atoms with Crippen LogP contribution in [-0.2, 0) is 6.54 Å². The molecule has 1 aromatic heterocycles. The summed E-state index contributed by atoms with van der Waals surface area (Å²) in [4.78, 5) is 6.00. The van der Waals surface area contributed by atoms with Crippen molar-refractivity contribution in [2.24, 2.45) is 0 Å². The van der Waals surface area contributed by atoms with E-state index in [0.717, 1.165) is 21.7 Å². The van der Waals surface area contributed by atoms with E-state index in [0.29, 0.717) is 6.04 Å². The second-order valence-corrected chi connectivity index (χ2v) is 6.76. The molecule has 0 bridgehead atoms. The molecule has 0 amide bonds. The molecule has 1 aromatic carbocycles. The van der Waals surface area contributed by atoms with Crippen LogP contribution in [0.4, 0.5) is 0 Å². The maximum atomic E-state index is 4.73. The highest BCUT2D eigenvalue weighted by atomic mass is 79.9. The van der Waals surface area contributed by atoms with Gasteiger partial charge in [0.2, 0.25) is 0 Å². The molecule has 0 radical (unpaired) electrons. The van der Waals surface area contributed by atoms with Crippen LogP contribution in [0.3, 0.4) is 0 Å². The molecule has 0 unspecified atom stereocenters. The van der Waals surface area contributed by atoms with Gasteiger partial charge in [-0.2, -0.15) is 0 Å². The molecule has 0 spiro atoms. The number of benzene rings is 1. The Hall–Kier alpha value is -0.710. The quantitative estimate of drug-likeness (QED) is 0.902. The first kappa shape index (κ1) is 13.7. The Balaban J connectivity index is 2.24. The third kappa shape index (κ3) is 3.40. The number of rotatable bonds is 4. The highest BCUT2D eigenvalue weighted by Gasteiger charge is 2.10. The standard InChI is InChI=1S/C14H17BrN2S/c1-9(2)16-8-13-17-14(10(3)18-13)11-5-4-6-12(15)7-11/h4-7,9,16H,8H2,1-3H3. The van der Waals surface area contributed by atoms with Crippen LogP contribution in [0.15, 0.2) is 28.7 Å². The van der Waals surface area contributed by atoms with Gasteiger partial charge in [0, 0.05) is 27.5 Å². The van der Waals surface area contributed by atoms with E-state index < -0.39 is 0 Å². The number of nitrogens with zero attached hydrogens (tertiary/aromatic N) is 1. The van der Waals surface area contributed by atoms with Gasteiger partial charge in [0.1, 0.15) is 5.01 Å². The lowest BCUT2D eigenvalue weighted by molar-refractivity contribution is 0.587. The summed E-state index contributed by atoms with van der Waals surface area (Å²) in [5.74, 6) is 0. The number of aryl methyl sites for hydroxylation is 1. The minimum atomic E-state index is 0.489. The molecule has 0 saturated heterocycles. The van der Waals surface area contributed by atoms with Crippen molar-refractivity contribution in [3.63, 3.8) is 0 Å². The molecule has 0 aliphatic heterocycles. The predicted molar refractivity (Wildman–Crippen MR) is 82.0 cm³/mol. The SMILES string of the molecule is Cc1sc(CNC(C)C)nc1-c1cccc(Br)c1. The molecule has 2 nitrogen and oxygen atoms in total. The van der Waals surface area contributed by atoms with Crippen LogP contribution in [0.1, 0.15) is 23.7 Å². The molecule has 0 atom stereocenters. The molecular weight excluding hydrogens is 308 g/mol. The van der Waals surface area contributed by atoms with Crippen molar-refractivity contribution in [2.75, 3.05) is 0 Å². The Morgan fingerprint density at radius 3 is 2.83 bits per heavy atom. The lowest BCUT2D eigenvalue weighted by Crippen LogP contribution is -2.21. The molecule has 0 saturated carbocycles. The van der Waals surface area contributed by atoms with Crippen LogP contribution in [0, 0.1) is 6.92 Å². The third-order valence-electron chi connectivity index (χ3n) is 2.60. The normalized spacial score (nSPS) is 11.2. The van der Waals surface area contributed by atoms with Crippen LogP contribution in [0.5, 0.6) is 0 Å². The van der Waals surface area contributed by atoms with E-state index >= 15 is 0 Å². The highest BCUT2D eigenvalue weighted by molar-refractivity contribution is 9.10. The van der Waals surface area contributed by atoms with Crippen molar-refractivity contribution < 1.29 is 0 Å². The summed E-state index contributed by atoms with van der Waals surface area (Å²) in [6.45, 7) is 7.27. The second kappa shape index (κ2) is 5.95. The van der Waals surface area contributed by atoms with Crippen molar-refractivity contribution in [3.05, 3.63) is 38.6 Å². The van der Waals surface area contributed by atoms with Crippen LogP contribution >= 0.6 is 27.3 Å². The Kier molecular flexibility index (Phi) is 4.54. The molecule has 96 valence electrons. The zero-order chi connectivity index (χ0) is 13.1. The van der Waals surface area contributed by atoms with Gasteiger partial charge in [0.05, 0.1) is 5.69 Å². The lowest BCUT2D eigenvalue weighted by atomic mass is 10.1. The average molecular weight is 325 g/mol. The molecule has 4 heteroatoms. The summed E-state index contributed by atoms with van der Waals surface area (Å²) in [6.07, 6.45) is 0. The minimum Gasteiger partial charge on any atom is -0.308 e. The number of nitrogens with one attached hydrogen (secondary N) is 1. The fourth-order valence-electron chi connectivity index (χ4n) is 1.72. The van der Waals surface area contributed by atoms with Crippen LogP contribution < -0.4 is 5.32 Å². The van der Waals surface area contributed by atoms with Gasteiger partial charge in [-0.25, -0.2) is 4.98 Å². The van der Waals surface area contributed by atoms with E-state index in [-0.39, 0.29) is 0 Å². The summed E-state index contributed by atoms with van der Waals surface area (Å²) >= 11 is 5.27. The smallest absolute Gasteiger partial charge is 0.107 e. The largest absolute Gasteiger partial charge is 0.308 e. The van der Waals surface area contributed by atoms with Gasteiger partial charge >= 0.3 is 0 Å². The first-order chi connectivity index (χ1) is 8.56. The van der Waals surface area contributed by atoms with Gasteiger partial charge < -0.3 is 5.32 Å². The maximum Gasteiger partial charge on any atom is 0.107 e. The molecule has 2 aromatic rings. The number of hydrogen-bond acceptors (Lipinski definition) is 3. The fourth-order valence-corrected chi connectivity index (χ4v) is 3.03. The number of aromatic nitrogens is 1. The summed E-state index contributed by atoms with van der Waals surface area (Å²) in [6, 6.07) is 8.79. The summed E-state index contributed by atoms with van der Waals surface area (Å²) in [7, 11) is 0. The van der Waals surface area contributed by atoms with Gasteiger partial charge in [-0.3, -0.25) is 0 Å². The molecule has 0 aliphatic carbocycles. The molecule has 1 heterocycles. The van der Waals surface area contributed by atoms with Crippen molar-refractivity contribution in [2.45, 2.75) is 33.4 Å². The first-order valence-corrected chi connectivity index (χ1v) is 7.63. The minimum absolute atomic E-state index is 0.489. The third-order valence-corrected chi connectivity index (χ3v) is 4.06. The van der Waals surface area contributed by atoms with E-state index in [1.54, 1.807) is 11.3 Å². The molecule has 2 rings (SSSR count). The van der Waals surface area contributed by atoms with Gasteiger partial charge in [-0.15, -0.1) is 11.3 Å². The van der Waals surface area contributed by atoms with Crippen LogP contribution in [-0.4, -0.2) is 11.0 Å². The van der Waals surface area contributed by atoms with Gasteiger partial charge in [0.25, 0.3) is 0 Å². The van der Waals surface area contributed by atoms with Crippen molar-refractivity contribution in [1.29, 1.82) is 0 Å². The van der Waals surface area contributed by atoms with Crippen molar-refractivity contribution in [1.82, 2.24) is 10.3 Å². The molecule has 18 heavy (non-hydrogen) atoms. The van der Waals surface area contributed by atoms with E-state index in [2.05, 4.69) is 54.2 Å². The average Bonchev–Trinajstić information content (AvgIpc) is 2.68. The van der Waals surface area contributed by atoms with Gasteiger partial charge in [-0.1, -0.05) is 41.9 Å². The molecular formula is C14H17BrN2S. The Morgan fingerprint density at radius 1 is 1.39 bits per heavy atom. The monoisotopic (exact) mass is 324 g/mol. The number of thiazole rings is 1. The van der Waals surface area contributed by atoms with E-state index in [9.17, 15) is 0 Å². The molecule has 0 fully saturated rings. The predicted octanol–water partition coefficient (Wildman–Crippen LogP) is 4.38. The topological polar surface area (TPSA) is 24.9 Å². The van der Waals surface area contributed by atoms with Crippen molar-refractivity contribution >= 4 is 27.3 Å². The van der Waals surface area contributed by atoms with Crippen LogP contribution in [0.25, 0.3) is 11.3 Å². The zero-order valence-corrected chi connectivity index (χ0v) is 13.2. The second-order valence-electron chi connectivity index (χ2n) is 4.56. The van der Waals surface area contributed by atoms with Gasteiger partial charge in [-0.05, 0) is 19.1 Å². The fraction of sp³-hybridized carbons (Fsp3) is 0.357. The van der Waals surface area contributed by atoms with E-state index in [4.69, 9.17) is 4.98 Å².